The Morgan fingerprint density at radius 3 is 2.48 bits per heavy atom. The summed E-state index contributed by atoms with van der Waals surface area (Å²) in [5, 5.41) is 2.87. The normalized spacial score (nSPS) is 11.3. The molecule has 0 atom stereocenters. The zero-order valence-corrected chi connectivity index (χ0v) is 14.4. The van der Waals surface area contributed by atoms with Gasteiger partial charge in [-0.05, 0) is 67.1 Å². The Hall–Kier alpha value is -1.43. The number of carbonyl (C=O) groups excluding carboxylic acids is 1. The number of hydrogen-bond donors (Lipinski definition) is 1. The van der Waals surface area contributed by atoms with Gasteiger partial charge in [0.1, 0.15) is 5.82 Å². The molecule has 0 unspecified atom stereocenters. The second-order valence-corrected chi connectivity index (χ2v) is 6.69. The minimum atomic E-state index is -0.943. The third-order valence-corrected chi connectivity index (χ3v) is 4.71. The Bertz CT molecular complexity index is 682. The largest absolute Gasteiger partial charge is 0.325 e. The number of nitrogens with one attached hydrogen (secondary N) is 1. The van der Waals surface area contributed by atoms with Crippen LogP contribution >= 0.6 is 22.6 Å². The number of carbonyl (C=O) groups is 1. The van der Waals surface area contributed by atoms with E-state index in [-0.39, 0.29) is 11.7 Å². The molecule has 0 bridgehead atoms. The SMILES string of the molecule is Cc1ccc(NC(=O)C(C)(C)c2ccccc2F)cc1I. The van der Waals surface area contributed by atoms with Gasteiger partial charge in [-0.15, -0.1) is 0 Å². The van der Waals surface area contributed by atoms with Crippen molar-refractivity contribution in [1.82, 2.24) is 0 Å². The molecule has 0 aliphatic rings. The average molecular weight is 397 g/mol. The molecule has 0 aromatic heterocycles. The molecule has 1 amide bonds. The van der Waals surface area contributed by atoms with Gasteiger partial charge in [0.05, 0.1) is 5.41 Å². The molecular formula is C17H17FINO. The molecule has 2 rings (SSSR count). The molecule has 0 saturated carbocycles. The highest BCUT2D eigenvalue weighted by Crippen LogP contribution is 2.28. The summed E-state index contributed by atoms with van der Waals surface area (Å²) in [5.74, 6) is -0.594. The van der Waals surface area contributed by atoms with Crippen molar-refractivity contribution in [3.8, 4) is 0 Å². The second-order valence-electron chi connectivity index (χ2n) is 5.52. The van der Waals surface area contributed by atoms with Crippen molar-refractivity contribution in [1.29, 1.82) is 0 Å². The Morgan fingerprint density at radius 2 is 1.86 bits per heavy atom. The average Bonchev–Trinajstić information content (AvgIpc) is 2.43. The summed E-state index contributed by atoms with van der Waals surface area (Å²) in [5.41, 5.74) is 1.33. The topological polar surface area (TPSA) is 29.1 Å². The van der Waals surface area contributed by atoms with Gasteiger partial charge in [-0.25, -0.2) is 4.39 Å². The standard InChI is InChI=1S/C17H17FINO/c1-11-8-9-12(10-15(11)19)20-16(21)17(2,3)13-6-4-5-7-14(13)18/h4-10H,1-3H3,(H,20,21). The van der Waals surface area contributed by atoms with Crippen LogP contribution in [0.15, 0.2) is 42.5 Å². The summed E-state index contributed by atoms with van der Waals surface area (Å²) in [6, 6.07) is 12.1. The molecule has 1 N–H and O–H groups in total. The van der Waals surface area contributed by atoms with Gasteiger partial charge in [0.2, 0.25) is 5.91 Å². The van der Waals surface area contributed by atoms with Gasteiger partial charge in [-0.2, -0.15) is 0 Å². The summed E-state index contributed by atoms with van der Waals surface area (Å²) < 4.78 is 15.0. The highest BCUT2D eigenvalue weighted by molar-refractivity contribution is 14.1. The van der Waals surface area contributed by atoms with Crippen LogP contribution in [-0.4, -0.2) is 5.91 Å². The summed E-state index contributed by atoms with van der Waals surface area (Å²) in [4.78, 5) is 12.5. The van der Waals surface area contributed by atoms with Crippen LogP contribution in [-0.2, 0) is 10.2 Å². The fourth-order valence-corrected chi connectivity index (χ4v) is 2.56. The highest BCUT2D eigenvalue weighted by Gasteiger charge is 2.32. The van der Waals surface area contributed by atoms with Crippen molar-refractivity contribution in [3.63, 3.8) is 0 Å². The fourth-order valence-electron chi connectivity index (χ4n) is 2.05. The lowest BCUT2D eigenvalue weighted by atomic mass is 9.83. The molecule has 21 heavy (non-hydrogen) atoms. The van der Waals surface area contributed by atoms with Gasteiger partial charge in [0.15, 0.2) is 0 Å². The maximum absolute atomic E-state index is 13.9. The molecule has 0 aliphatic heterocycles. The van der Waals surface area contributed by atoms with Crippen molar-refractivity contribution in [2.24, 2.45) is 0 Å². The van der Waals surface area contributed by atoms with E-state index in [2.05, 4.69) is 27.9 Å². The lowest BCUT2D eigenvalue weighted by molar-refractivity contribution is -0.120. The van der Waals surface area contributed by atoms with Crippen LogP contribution in [0.3, 0.4) is 0 Å². The molecule has 0 saturated heterocycles. The Kier molecular flexibility index (Phi) is 4.66. The quantitative estimate of drug-likeness (QED) is 0.751. The van der Waals surface area contributed by atoms with Gasteiger partial charge >= 0.3 is 0 Å². The number of benzene rings is 2. The van der Waals surface area contributed by atoms with Gasteiger partial charge in [0.25, 0.3) is 0 Å². The van der Waals surface area contributed by atoms with E-state index in [1.165, 1.54) is 6.07 Å². The number of hydrogen-bond acceptors (Lipinski definition) is 1. The first-order chi connectivity index (χ1) is 9.82. The van der Waals surface area contributed by atoms with Crippen LogP contribution in [0.5, 0.6) is 0 Å². The maximum atomic E-state index is 13.9. The molecule has 2 aromatic rings. The highest BCUT2D eigenvalue weighted by atomic mass is 127. The molecular weight excluding hydrogens is 380 g/mol. The first-order valence-corrected chi connectivity index (χ1v) is 7.73. The van der Waals surface area contributed by atoms with Crippen LogP contribution in [0.4, 0.5) is 10.1 Å². The molecule has 110 valence electrons. The van der Waals surface area contributed by atoms with E-state index in [9.17, 15) is 9.18 Å². The molecule has 0 aliphatic carbocycles. The number of aryl methyl sites for hydroxylation is 1. The molecule has 0 heterocycles. The van der Waals surface area contributed by atoms with Gasteiger partial charge in [-0.3, -0.25) is 4.79 Å². The zero-order chi connectivity index (χ0) is 15.6. The minimum Gasteiger partial charge on any atom is -0.325 e. The third-order valence-electron chi connectivity index (χ3n) is 3.54. The molecule has 0 spiro atoms. The van der Waals surface area contributed by atoms with Crippen LogP contribution in [0.1, 0.15) is 25.0 Å². The van der Waals surface area contributed by atoms with Crippen molar-refractivity contribution in [2.45, 2.75) is 26.2 Å². The van der Waals surface area contributed by atoms with Crippen molar-refractivity contribution in [3.05, 3.63) is 63.0 Å². The van der Waals surface area contributed by atoms with E-state index >= 15 is 0 Å². The van der Waals surface area contributed by atoms with E-state index in [0.717, 1.165) is 14.8 Å². The summed E-state index contributed by atoms with van der Waals surface area (Å²) in [7, 11) is 0. The van der Waals surface area contributed by atoms with Gasteiger partial charge < -0.3 is 5.32 Å². The van der Waals surface area contributed by atoms with Crippen LogP contribution in [0.2, 0.25) is 0 Å². The third kappa shape index (κ3) is 3.43. The molecule has 4 heteroatoms. The number of rotatable bonds is 3. The summed E-state index contributed by atoms with van der Waals surface area (Å²) >= 11 is 2.22. The second kappa shape index (κ2) is 6.13. The zero-order valence-electron chi connectivity index (χ0n) is 12.2. The first kappa shape index (κ1) is 15.9. The van der Waals surface area contributed by atoms with Crippen molar-refractivity contribution >= 4 is 34.2 Å². The predicted molar refractivity (Wildman–Crippen MR) is 92.0 cm³/mol. The number of amides is 1. The number of anilines is 1. The van der Waals surface area contributed by atoms with Gasteiger partial charge in [-0.1, -0.05) is 24.3 Å². The monoisotopic (exact) mass is 397 g/mol. The van der Waals surface area contributed by atoms with E-state index in [4.69, 9.17) is 0 Å². The fraction of sp³-hybridized carbons (Fsp3) is 0.235. The smallest absolute Gasteiger partial charge is 0.234 e. The van der Waals surface area contributed by atoms with Crippen molar-refractivity contribution in [2.75, 3.05) is 5.32 Å². The summed E-state index contributed by atoms with van der Waals surface area (Å²) in [6.45, 7) is 5.45. The first-order valence-electron chi connectivity index (χ1n) is 6.65. The Balaban J connectivity index is 2.26. The Labute approximate surface area is 137 Å². The van der Waals surface area contributed by atoms with E-state index in [1.807, 2.05) is 25.1 Å². The summed E-state index contributed by atoms with van der Waals surface area (Å²) in [6.07, 6.45) is 0. The minimum absolute atomic E-state index is 0.229. The van der Waals surface area contributed by atoms with Gasteiger partial charge in [0, 0.05) is 14.8 Å². The van der Waals surface area contributed by atoms with Crippen molar-refractivity contribution < 1.29 is 9.18 Å². The molecule has 2 nitrogen and oxygen atoms in total. The lowest BCUT2D eigenvalue weighted by Crippen LogP contribution is -2.35. The molecule has 2 aromatic carbocycles. The molecule has 0 fully saturated rings. The van der Waals surface area contributed by atoms with E-state index in [1.54, 1.807) is 32.0 Å². The van der Waals surface area contributed by atoms with Crippen LogP contribution < -0.4 is 5.32 Å². The van der Waals surface area contributed by atoms with Crippen LogP contribution in [0, 0.1) is 16.3 Å². The number of halogens is 2. The maximum Gasteiger partial charge on any atom is 0.234 e. The Morgan fingerprint density at radius 1 is 1.19 bits per heavy atom. The molecule has 0 radical (unpaired) electrons. The van der Waals surface area contributed by atoms with Crippen LogP contribution in [0.25, 0.3) is 0 Å². The predicted octanol–water partition coefficient (Wildman–Crippen LogP) is 4.66. The van der Waals surface area contributed by atoms with E-state index in [0.29, 0.717) is 5.56 Å². The lowest BCUT2D eigenvalue weighted by Gasteiger charge is -2.24. The van der Waals surface area contributed by atoms with E-state index < -0.39 is 5.41 Å².